The van der Waals surface area contributed by atoms with Gasteiger partial charge in [0, 0.05) is 44.5 Å². The number of nitrogens with one attached hydrogen (secondary N) is 2. The molecule has 158 valence electrons. The van der Waals surface area contributed by atoms with Gasteiger partial charge in [0.05, 0.1) is 18.0 Å². The SMILES string of the molecule is CC1C=CC=CN1C(=O)NNc1cccc(CN2CCN(S(C)(=O)=O)CC2)c1F. The van der Waals surface area contributed by atoms with Crippen molar-refractivity contribution in [1.29, 1.82) is 0 Å². The zero-order valence-electron chi connectivity index (χ0n) is 16.5. The van der Waals surface area contributed by atoms with E-state index in [1.54, 1.807) is 30.5 Å². The summed E-state index contributed by atoms with van der Waals surface area (Å²) in [5, 5.41) is 0. The number of nitrogens with zero attached hydrogens (tertiary/aromatic N) is 3. The van der Waals surface area contributed by atoms with Gasteiger partial charge in [0.2, 0.25) is 10.0 Å². The molecule has 0 saturated carbocycles. The van der Waals surface area contributed by atoms with Crippen LogP contribution in [0.25, 0.3) is 0 Å². The molecule has 0 aromatic heterocycles. The van der Waals surface area contributed by atoms with Crippen LogP contribution in [-0.4, -0.2) is 67.0 Å². The van der Waals surface area contributed by atoms with Crippen molar-refractivity contribution < 1.29 is 17.6 Å². The molecule has 8 nitrogen and oxygen atoms in total. The molecule has 1 saturated heterocycles. The predicted molar refractivity (Wildman–Crippen MR) is 110 cm³/mol. The Balaban J connectivity index is 1.58. The van der Waals surface area contributed by atoms with Crippen molar-refractivity contribution in [2.24, 2.45) is 0 Å². The molecule has 1 aromatic carbocycles. The van der Waals surface area contributed by atoms with Crippen LogP contribution in [0.1, 0.15) is 12.5 Å². The van der Waals surface area contributed by atoms with Crippen molar-refractivity contribution in [2.45, 2.75) is 19.5 Å². The fourth-order valence-corrected chi connectivity index (χ4v) is 4.12. The van der Waals surface area contributed by atoms with Gasteiger partial charge in [-0.25, -0.2) is 17.6 Å². The van der Waals surface area contributed by atoms with Crippen molar-refractivity contribution in [2.75, 3.05) is 37.9 Å². The molecule has 1 atom stereocenters. The highest BCUT2D eigenvalue weighted by molar-refractivity contribution is 7.88. The van der Waals surface area contributed by atoms with Crippen LogP contribution in [0.15, 0.2) is 42.6 Å². The molecule has 0 bridgehead atoms. The van der Waals surface area contributed by atoms with E-state index in [9.17, 15) is 17.6 Å². The van der Waals surface area contributed by atoms with Gasteiger partial charge >= 0.3 is 6.03 Å². The number of rotatable bonds is 5. The smallest absolute Gasteiger partial charge is 0.296 e. The van der Waals surface area contributed by atoms with Gasteiger partial charge in [0.15, 0.2) is 5.82 Å². The van der Waals surface area contributed by atoms with E-state index in [1.807, 2.05) is 24.0 Å². The van der Waals surface area contributed by atoms with Gasteiger partial charge in [-0.05, 0) is 19.1 Å². The first kappa shape index (κ1) is 21.3. The fourth-order valence-electron chi connectivity index (χ4n) is 3.29. The van der Waals surface area contributed by atoms with E-state index in [4.69, 9.17) is 0 Å². The molecule has 2 aliphatic rings. The lowest BCUT2D eigenvalue weighted by Gasteiger charge is -2.33. The zero-order chi connectivity index (χ0) is 21.0. The second-order valence-electron chi connectivity index (χ2n) is 7.15. The van der Waals surface area contributed by atoms with Gasteiger partial charge in [-0.3, -0.25) is 20.7 Å². The van der Waals surface area contributed by atoms with Crippen molar-refractivity contribution in [3.8, 4) is 0 Å². The number of anilines is 1. The first-order chi connectivity index (χ1) is 13.8. The molecule has 0 spiro atoms. The number of amides is 2. The summed E-state index contributed by atoms with van der Waals surface area (Å²) in [5.74, 6) is -0.444. The van der Waals surface area contributed by atoms with Crippen LogP contribution in [0.4, 0.5) is 14.9 Å². The Morgan fingerprint density at radius 3 is 2.59 bits per heavy atom. The lowest BCUT2D eigenvalue weighted by atomic mass is 10.1. The van der Waals surface area contributed by atoms with Crippen molar-refractivity contribution in [3.05, 3.63) is 54.0 Å². The van der Waals surface area contributed by atoms with Gasteiger partial charge < -0.3 is 0 Å². The predicted octanol–water partition coefficient (Wildman–Crippen LogP) is 1.71. The van der Waals surface area contributed by atoms with Gasteiger partial charge in [0.25, 0.3) is 0 Å². The number of urea groups is 1. The number of allylic oxidation sites excluding steroid dienone is 2. The number of hydrogen-bond acceptors (Lipinski definition) is 5. The van der Waals surface area contributed by atoms with Crippen LogP contribution in [0.2, 0.25) is 0 Å². The Hall–Kier alpha value is -2.43. The number of hydrazine groups is 1. The summed E-state index contributed by atoms with van der Waals surface area (Å²) in [6.45, 7) is 4.10. The average molecular weight is 424 g/mol. The maximum atomic E-state index is 14.9. The largest absolute Gasteiger partial charge is 0.340 e. The second-order valence-corrected chi connectivity index (χ2v) is 9.13. The number of hydrogen-bond donors (Lipinski definition) is 2. The van der Waals surface area contributed by atoms with E-state index in [1.165, 1.54) is 15.5 Å². The van der Waals surface area contributed by atoms with Crippen LogP contribution < -0.4 is 10.9 Å². The summed E-state index contributed by atoms with van der Waals surface area (Å²) in [7, 11) is -3.20. The summed E-state index contributed by atoms with van der Waals surface area (Å²) in [6, 6.07) is 4.47. The third-order valence-corrected chi connectivity index (χ3v) is 6.30. The first-order valence-corrected chi connectivity index (χ1v) is 11.2. The monoisotopic (exact) mass is 423 g/mol. The van der Waals surface area contributed by atoms with E-state index < -0.39 is 15.8 Å². The highest BCUT2D eigenvalue weighted by atomic mass is 32.2. The number of carbonyl (C=O) groups is 1. The number of piperazine rings is 1. The number of halogens is 1. The molecule has 2 aliphatic heterocycles. The number of carbonyl (C=O) groups excluding carboxylic acids is 1. The summed E-state index contributed by atoms with van der Waals surface area (Å²) in [5.41, 5.74) is 5.83. The summed E-state index contributed by atoms with van der Waals surface area (Å²) < 4.78 is 39.5. The summed E-state index contributed by atoms with van der Waals surface area (Å²) >= 11 is 0. The molecule has 29 heavy (non-hydrogen) atoms. The maximum Gasteiger partial charge on any atom is 0.340 e. The highest BCUT2D eigenvalue weighted by Gasteiger charge is 2.24. The molecule has 3 rings (SSSR count). The van der Waals surface area contributed by atoms with Gasteiger partial charge in [-0.1, -0.05) is 24.3 Å². The lowest BCUT2D eigenvalue weighted by molar-refractivity contribution is 0.180. The zero-order valence-corrected chi connectivity index (χ0v) is 17.3. The number of sulfonamides is 1. The standard InChI is InChI=1S/C19H26FN5O3S/c1-15-6-3-4-9-25(15)19(26)22-21-17-8-5-7-16(18(17)20)14-23-10-12-24(13-11-23)29(2,27)28/h3-9,15,21H,10-14H2,1-2H3,(H,22,26). The summed E-state index contributed by atoms with van der Waals surface area (Å²) in [6.07, 6.45) is 8.35. The molecular formula is C19H26FN5O3S. The maximum absolute atomic E-state index is 14.9. The lowest BCUT2D eigenvalue weighted by Crippen LogP contribution is -2.47. The molecule has 2 N–H and O–H groups in total. The molecule has 0 aliphatic carbocycles. The highest BCUT2D eigenvalue weighted by Crippen LogP contribution is 2.20. The Labute approximate surface area is 170 Å². The summed E-state index contributed by atoms with van der Waals surface area (Å²) in [4.78, 5) is 15.8. The molecule has 0 radical (unpaired) electrons. The number of benzene rings is 1. The molecule has 10 heteroatoms. The Morgan fingerprint density at radius 1 is 1.21 bits per heavy atom. The van der Waals surface area contributed by atoms with E-state index in [-0.39, 0.29) is 17.8 Å². The molecule has 1 aromatic rings. The van der Waals surface area contributed by atoms with Crippen LogP contribution in [0.3, 0.4) is 0 Å². The molecule has 2 amide bonds. The third-order valence-electron chi connectivity index (χ3n) is 5.00. The van der Waals surface area contributed by atoms with E-state index in [0.717, 1.165) is 0 Å². The van der Waals surface area contributed by atoms with E-state index in [2.05, 4.69) is 10.9 Å². The molecular weight excluding hydrogens is 397 g/mol. The van der Waals surface area contributed by atoms with E-state index in [0.29, 0.717) is 38.3 Å². The van der Waals surface area contributed by atoms with Crippen LogP contribution >= 0.6 is 0 Å². The Kier molecular flexibility index (Phi) is 6.56. The van der Waals surface area contributed by atoms with Gasteiger partial charge in [-0.15, -0.1) is 0 Å². The third kappa shape index (κ3) is 5.34. The minimum absolute atomic E-state index is 0.0939. The Bertz CT molecular complexity index is 910. The van der Waals surface area contributed by atoms with Crippen molar-refractivity contribution >= 4 is 21.7 Å². The first-order valence-electron chi connectivity index (χ1n) is 9.40. The van der Waals surface area contributed by atoms with Crippen LogP contribution in [0.5, 0.6) is 0 Å². The van der Waals surface area contributed by atoms with Gasteiger partial charge in [-0.2, -0.15) is 4.31 Å². The van der Waals surface area contributed by atoms with Crippen molar-refractivity contribution in [1.82, 2.24) is 19.5 Å². The van der Waals surface area contributed by atoms with Crippen LogP contribution in [-0.2, 0) is 16.6 Å². The second kappa shape index (κ2) is 8.93. The van der Waals surface area contributed by atoms with Gasteiger partial charge in [0.1, 0.15) is 0 Å². The molecule has 1 unspecified atom stereocenters. The van der Waals surface area contributed by atoms with Crippen LogP contribution in [0, 0.1) is 5.82 Å². The fraction of sp³-hybridized carbons (Fsp3) is 0.421. The normalized spacial score (nSPS) is 20.7. The average Bonchev–Trinajstić information content (AvgIpc) is 2.68. The quantitative estimate of drug-likeness (QED) is 0.705. The molecule has 1 fully saturated rings. The minimum Gasteiger partial charge on any atom is -0.296 e. The van der Waals surface area contributed by atoms with Crippen molar-refractivity contribution in [3.63, 3.8) is 0 Å². The molecule has 2 heterocycles. The minimum atomic E-state index is -3.20. The topological polar surface area (TPSA) is 85.0 Å². The Morgan fingerprint density at radius 2 is 1.93 bits per heavy atom. The van der Waals surface area contributed by atoms with E-state index >= 15 is 0 Å².